The van der Waals surface area contributed by atoms with Crippen LogP contribution >= 0.6 is 11.3 Å². The molecule has 0 unspecified atom stereocenters. The maximum Gasteiger partial charge on any atom is 0.306 e. The quantitative estimate of drug-likeness (QED) is 0.779. The molecule has 0 saturated carbocycles. The molecular weight excluding hydrogens is 288 g/mol. The SMILES string of the molecule is CC(C)Cc1c2sc(=O)[nH]c2nc2c1c(=O)[nH]n2C(C)C. The van der Waals surface area contributed by atoms with E-state index in [4.69, 9.17) is 0 Å². The van der Waals surface area contributed by atoms with Gasteiger partial charge in [-0.1, -0.05) is 25.2 Å². The van der Waals surface area contributed by atoms with Crippen LogP contribution in [0.4, 0.5) is 0 Å². The van der Waals surface area contributed by atoms with Crippen molar-refractivity contribution in [3.8, 4) is 0 Å². The molecule has 0 fully saturated rings. The van der Waals surface area contributed by atoms with E-state index in [1.807, 2.05) is 13.8 Å². The second-order valence-corrected chi connectivity index (χ2v) is 6.97. The summed E-state index contributed by atoms with van der Waals surface area (Å²) >= 11 is 1.13. The molecule has 0 spiro atoms. The molecule has 0 radical (unpaired) electrons. The molecular formula is C14H18N4O2S. The molecule has 3 aromatic heterocycles. The molecule has 0 aliphatic carbocycles. The number of rotatable bonds is 3. The summed E-state index contributed by atoms with van der Waals surface area (Å²) in [7, 11) is 0. The molecule has 0 bridgehead atoms. The lowest BCUT2D eigenvalue weighted by Crippen LogP contribution is -2.08. The van der Waals surface area contributed by atoms with Gasteiger partial charge < -0.3 is 0 Å². The number of hydrogen-bond acceptors (Lipinski definition) is 4. The molecule has 3 heterocycles. The molecule has 0 atom stereocenters. The molecule has 112 valence electrons. The number of fused-ring (bicyclic) bond motifs is 2. The first kappa shape index (κ1) is 14.1. The van der Waals surface area contributed by atoms with Crippen molar-refractivity contribution in [2.75, 3.05) is 0 Å². The minimum Gasteiger partial charge on any atom is -0.297 e. The van der Waals surface area contributed by atoms with Crippen molar-refractivity contribution >= 4 is 32.7 Å². The minimum atomic E-state index is -0.136. The van der Waals surface area contributed by atoms with Crippen LogP contribution in [0.3, 0.4) is 0 Å². The highest BCUT2D eigenvalue weighted by Crippen LogP contribution is 2.28. The van der Waals surface area contributed by atoms with Crippen molar-refractivity contribution in [3.05, 3.63) is 25.6 Å². The van der Waals surface area contributed by atoms with Gasteiger partial charge in [0.1, 0.15) is 0 Å². The summed E-state index contributed by atoms with van der Waals surface area (Å²) in [6, 6.07) is 0.0948. The van der Waals surface area contributed by atoms with Crippen molar-refractivity contribution in [2.45, 2.75) is 40.2 Å². The van der Waals surface area contributed by atoms with Gasteiger partial charge in [0.2, 0.25) is 0 Å². The standard InChI is InChI=1S/C14H18N4O2S/c1-6(2)5-8-9-12(18(7(3)4)17-13(9)19)15-11-10(8)21-14(20)16-11/h6-7H,5H2,1-4H3,(H,17,19)(H,15,16,20). The van der Waals surface area contributed by atoms with Crippen LogP contribution in [0.15, 0.2) is 9.59 Å². The van der Waals surface area contributed by atoms with Crippen LogP contribution in [0.25, 0.3) is 21.4 Å². The van der Waals surface area contributed by atoms with Gasteiger partial charge in [0.25, 0.3) is 5.56 Å². The number of aromatic nitrogens is 4. The van der Waals surface area contributed by atoms with Crippen molar-refractivity contribution in [2.24, 2.45) is 5.92 Å². The maximum absolute atomic E-state index is 12.4. The van der Waals surface area contributed by atoms with Crippen molar-refractivity contribution in [1.29, 1.82) is 0 Å². The molecule has 0 aliphatic rings. The third-order valence-electron chi connectivity index (χ3n) is 3.45. The first-order chi connectivity index (χ1) is 9.88. The van der Waals surface area contributed by atoms with Crippen molar-refractivity contribution < 1.29 is 0 Å². The number of hydrogen-bond donors (Lipinski definition) is 2. The van der Waals surface area contributed by atoms with E-state index in [9.17, 15) is 9.59 Å². The van der Waals surface area contributed by atoms with Gasteiger partial charge >= 0.3 is 4.87 Å². The molecule has 2 N–H and O–H groups in total. The Balaban J connectivity index is 2.50. The average molecular weight is 306 g/mol. The number of thiazole rings is 1. The highest BCUT2D eigenvalue weighted by atomic mass is 32.1. The Bertz CT molecular complexity index is 926. The van der Waals surface area contributed by atoms with E-state index >= 15 is 0 Å². The normalized spacial score (nSPS) is 12.3. The minimum absolute atomic E-state index is 0.0948. The lowest BCUT2D eigenvalue weighted by atomic mass is 10.0. The summed E-state index contributed by atoms with van der Waals surface area (Å²) in [5.41, 5.74) is 1.98. The molecule has 0 saturated heterocycles. The second kappa shape index (κ2) is 4.84. The Morgan fingerprint density at radius 1 is 1.24 bits per heavy atom. The summed E-state index contributed by atoms with van der Waals surface area (Å²) < 4.78 is 2.56. The molecule has 21 heavy (non-hydrogen) atoms. The van der Waals surface area contributed by atoms with E-state index in [1.165, 1.54) is 0 Å². The molecule has 7 heteroatoms. The molecule has 3 rings (SSSR count). The fraction of sp³-hybridized carbons (Fsp3) is 0.500. The van der Waals surface area contributed by atoms with Gasteiger partial charge in [-0.15, -0.1) is 0 Å². The smallest absolute Gasteiger partial charge is 0.297 e. The van der Waals surface area contributed by atoms with E-state index in [1.54, 1.807) is 4.68 Å². The Labute approximate surface area is 124 Å². The fourth-order valence-electron chi connectivity index (χ4n) is 2.62. The second-order valence-electron chi connectivity index (χ2n) is 5.98. The number of H-pyrrole nitrogens is 2. The summed E-state index contributed by atoms with van der Waals surface area (Å²) in [5, 5.41) is 3.47. The first-order valence-corrected chi connectivity index (χ1v) is 7.86. The topological polar surface area (TPSA) is 83.5 Å². The predicted octanol–water partition coefficient (Wildman–Crippen LogP) is 2.41. The molecule has 0 amide bonds. The largest absolute Gasteiger partial charge is 0.306 e. The molecule has 6 nitrogen and oxygen atoms in total. The highest BCUT2D eigenvalue weighted by Gasteiger charge is 2.20. The van der Waals surface area contributed by atoms with Crippen LogP contribution in [0, 0.1) is 5.92 Å². The van der Waals surface area contributed by atoms with Gasteiger partial charge in [-0.2, -0.15) is 0 Å². The molecule has 3 aromatic rings. The number of nitrogens with zero attached hydrogens (tertiary/aromatic N) is 2. The lowest BCUT2D eigenvalue weighted by molar-refractivity contribution is 0.542. The fourth-order valence-corrected chi connectivity index (χ4v) is 3.46. The Morgan fingerprint density at radius 2 is 1.95 bits per heavy atom. The van der Waals surface area contributed by atoms with Gasteiger partial charge in [0, 0.05) is 6.04 Å². The van der Waals surface area contributed by atoms with E-state index in [0.29, 0.717) is 22.6 Å². The van der Waals surface area contributed by atoms with Crippen LogP contribution in [-0.4, -0.2) is 19.7 Å². The van der Waals surface area contributed by atoms with Crippen LogP contribution < -0.4 is 10.4 Å². The zero-order valence-electron chi connectivity index (χ0n) is 12.5. The van der Waals surface area contributed by atoms with Crippen LogP contribution in [0.2, 0.25) is 0 Å². The Hall–Kier alpha value is -1.89. The Kier molecular flexibility index (Phi) is 3.24. The van der Waals surface area contributed by atoms with Gasteiger partial charge in [-0.3, -0.25) is 24.4 Å². The lowest BCUT2D eigenvalue weighted by Gasteiger charge is -2.10. The number of pyridine rings is 1. The number of nitrogens with one attached hydrogen (secondary N) is 2. The summed E-state index contributed by atoms with van der Waals surface area (Å²) in [4.78, 5) is 31.1. The third kappa shape index (κ3) is 2.21. The van der Waals surface area contributed by atoms with Crippen molar-refractivity contribution in [3.63, 3.8) is 0 Å². The summed E-state index contributed by atoms with van der Waals surface area (Å²) in [5.74, 6) is 0.387. The zero-order valence-corrected chi connectivity index (χ0v) is 13.3. The molecule has 0 aliphatic heterocycles. The maximum atomic E-state index is 12.4. The van der Waals surface area contributed by atoms with Crippen molar-refractivity contribution in [1.82, 2.24) is 19.7 Å². The van der Waals surface area contributed by atoms with Crippen LogP contribution in [0.1, 0.15) is 39.3 Å². The van der Waals surface area contributed by atoms with E-state index < -0.39 is 0 Å². The van der Waals surface area contributed by atoms with E-state index in [2.05, 4.69) is 28.9 Å². The monoisotopic (exact) mass is 306 g/mol. The summed E-state index contributed by atoms with van der Waals surface area (Å²) in [6.45, 7) is 8.17. The number of aromatic amines is 2. The van der Waals surface area contributed by atoms with Gasteiger partial charge in [-0.25, -0.2) is 4.98 Å². The van der Waals surface area contributed by atoms with Crippen LogP contribution in [0.5, 0.6) is 0 Å². The highest BCUT2D eigenvalue weighted by molar-refractivity contribution is 7.16. The Morgan fingerprint density at radius 3 is 2.57 bits per heavy atom. The van der Waals surface area contributed by atoms with E-state index in [-0.39, 0.29) is 16.5 Å². The zero-order chi connectivity index (χ0) is 15.3. The first-order valence-electron chi connectivity index (χ1n) is 7.04. The molecule has 0 aromatic carbocycles. The predicted molar refractivity (Wildman–Crippen MR) is 85.3 cm³/mol. The summed E-state index contributed by atoms with van der Waals surface area (Å²) in [6.07, 6.45) is 0.745. The van der Waals surface area contributed by atoms with E-state index in [0.717, 1.165) is 28.0 Å². The van der Waals surface area contributed by atoms with Gasteiger partial charge in [0.15, 0.2) is 11.3 Å². The average Bonchev–Trinajstić information content (AvgIpc) is 2.89. The van der Waals surface area contributed by atoms with Gasteiger partial charge in [0.05, 0.1) is 10.1 Å². The third-order valence-corrected chi connectivity index (χ3v) is 4.38. The van der Waals surface area contributed by atoms with Gasteiger partial charge in [-0.05, 0) is 31.7 Å². The van der Waals surface area contributed by atoms with Crippen LogP contribution in [-0.2, 0) is 6.42 Å².